The molecule has 150 valence electrons. The highest BCUT2D eigenvalue weighted by Crippen LogP contribution is 2.29. The second kappa shape index (κ2) is 9.53. The first-order valence-corrected chi connectivity index (χ1v) is 10.4. The third-order valence-corrected chi connectivity index (χ3v) is 5.01. The number of nitrogen functional groups attached to an aromatic ring is 1. The summed E-state index contributed by atoms with van der Waals surface area (Å²) in [6.45, 7) is 5.42. The molecule has 0 amide bonds. The summed E-state index contributed by atoms with van der Waals surface area (Å²) in [6, 6.07) is 7.67. The maximum atomic E-state index is 12.8. The smallest absolute Gasteiger partial charge is 0.344 e. The first kappa shape index (κ1) is 20.1. The molecule has 0 unspecified atom stereocenters. The summed E-state index contributed by atoms with van der Waals surface area (Å²) in [5, 5.41) is 0. The third kappa shape index (κ3) is 4.26. The van der Waals surface area contributed by atoms with Crippen LogP contribution < -0.4 is 5.73 Å². The van der Waals surface area contributed by atoms with Crippen LogP contribution in [0, 0.1) is 0 Å². The SMILES string of the molecule is CCCCCCn1c(N)c(C(=O)OCCCCC)c2nc3ccccc3nc21. The normalized spacial score (nSPS) is 11.4. The van der Waals surface area contributed by atoms with Crippen LogP contribution >= 0.6 is 0 Å². The predicted molar refractivity (Wildman–Crippen MR) is 113 cm³/mol. The van der Waals surface area contributed by atoms with Gasteiger partial charge in [0, 0.05) is 6.54 Å². The summed E-state index contributed by atoms with van der Waals surface area (Å²) in [6.07, 6.45) is 7.42. The van der Waals surface area contributed by atoms with Gasteiger partial charge in [0.05, 0.1) is 17.6 Å². The van der Waals surface area contributed by atoms with E-state index in [4.69, 9.17) is 20.4 Å². The topological polar surface area (TPSA) is 83.0 Å². The van der Waals surface area contributed by atoms with Gasteiger partial charge in [-0.05, 0) is 25.0 Å². The number of fused-ring (bicyclic) bond motifs is 2. The van der Waals surface area contributed by atoms with E-state index in [0.29, 0.717) is 29.2 Å². The number of hydrogen-bond donors (Lipinski definition) is 1. The Morgan fingerprint density at radius 2 is 1.68 bits per heavy atom. The number of para-hydroxylation sites is 2. The quantitative estimate of drug-likeness (QED) is 0.390. The molecule has 0 radical (unpaired) electrons. The second-order valence-electron chi connectivity index (χ2n) is 7.20. The van der Waals surface area contributed by atoms with Crippen LogP contribution in [0.5, 0.6) is 0 Å². The van der Waals surface area contributed by atoms with Gasteiger partial charge >= 0.3 is 5.97 Å². The highest BCUT2D eigenvalue weighted by molar-refractivity contribution is 6.08. The fourth-order valence-corrected chi connectivity index (χ4v) is 3.43. The molecule has 0 saturated carbocycles. The fraction of sp³-hybridized carbons (Fsp3) is 0.500. The lowest BCUT2D eigenvalue weighted by molar-refractivity contribution is 0.0501. The van der Waals surface area contributed by atoms with Gasteiger partial charge in [-0.25, -0.2) is 14.8 Å². The Morgan fingerprint density at radius 3 is 2.39 bits per heavy atom. The third-order valence-electron chi connectivity index (χ3n) is 5.01. The molecule has 2 heterocycles. The zero-order valence-corrected chi connectivity index (χ0v) is 16.9. The molecule has 2 aromatic heterocycles. The molecule has 3 rings (SSSR count). The molecule has 3 aromatic rings. The molecule has 1 aromatic carbocycles. The van der Waals surface area contributed by atoms with E-state index < -0.39 is 5.97 Å². The van der Waals surface area contributed by atoms with Crippen LogP contribution in [0.4, 0.5) is 5.82 Å². The summed E-state index contributed by atoms with van der Waals surface area (Å²) in [5.74, 6) is -0.00205. The van der Waals surface area contributed by atoms with E-state index in [2.05, 4.69) is 13.8 Å². The number of ether oxygens (including phenoxy) is 1. The zero-order chi connectivity index (χ0) is 19.9. The van der Waals surface area contributed by atoms with Crippen LogP contribution in [-0.4, -0.2) is 27.1 Å². The number of nitrogens with two attached hydrogens (primary N) is 1. The number of carbonyl (C=O) groups excluding carboxylic acids is 1. The average Bonchev–Trinajstić information content (AvgIpc) is 2.97. The van der Waals surface area contributed by atoms with E-state index in [-0.39, 0.29) is 0 Å². The van der Waals surface area contributed by atoms with Gasteiger partial charge in [0.2, 0.25) is 0 Å². The first-order valence-electron chi connectivity index (χ1n) is 10.4. The molecule has 2 N–H and O–H groups in total. The Morgan fingerprint density at radius 1 is 1.00 bits per heavy atom. The molecule has 0 spiro atoms. The van der Waals surface area contributed by atoms with Crippen molar-refractivity contribution < 1.29 is 9.53 Å². The zero-order valence-electron chi connectivity index (χ0n) is 16.9. The molecule has 0 bridgehead atoms. The summed E-state index contributed by atoms with van der Waals surface area (Å²) in [4.78, 5) is 22.3. The van der Waals surface area contributed by atoms with E-state index in [9.17, 15) is 4.79 Å². The summed E-state index contributed by atoms with van der Waals surface area (Å²) >= 11 is 0. The molecule has 0 aliphatic heterocycles. The van der Waals surface area contributed by atoms with Gasteiger partial charge in [0.25, 0.3) is 0 Å². The number of esters is 1. The monoisotopic (exact) mass is 382 g/mol. The van der Waals surface area contributed by atoms with Gasteiger partial charge in [0.1, 0.15) is 16.9 Å². The fourth-order valence-electron chi connectivity index (χ4n) is 3.43. The molecule has 0 atom stereocenters. The Labute approximate surface area is 166 Å². The first-order chi connectivity index (χ1) is 13.7. The lowest BCUT2D eigenvalue weighted by atomic mass is 10.2. The molecule has 0 saturated heterocycles. The lowest BCUT2D eigenvalue weighted by Gasteiger charge is -2.08. The molecule has 0 fully saturated rings. The summed E-state index contributed by atoms with van der Waals surface area (Å²) < 4.78 is 7.41. The van der Waals surface area contributed by atoms with Crippen molar-refractivity contribution in [3.63, 3.8) is 0 Å². The standard InChI is InChI=1S/C22H30N4O2/c1-3-5-7-10-14-26-20(23)18(22(27)28-15-11-6-4-2)19-21(26)25-17-13-9-8-12-16(17)24-19/h8-9,12-13H,3-7,10-11,14-15,23H2,1-2H3. The van der Waals surface area contributed by atoms with Crippen molar-refractivity contribution in [2.24, 2.45) is 0 Å². The van der Waals surface area contributed by atoms with Crippen LogP contribution in [0.2, 0.25) is 0 Å². The second-order valence-corrected chi connectivity index (χ2v) is 7.20. The van der Waals surface area contributed by atoms with Gasteiger partial charge in [-0.1, -0.05) is 58.1 Å². The molecular formula is C22H30N4O2. The average molecular weight is 383 g/mol. The number of unbranched alkanes of at least 4 members (excludes halogenated alkanes) is 5. The van der Waals surface area contributed by atoms with Gasteiger partial charge in [-0.2, -0.15) is 0 Å². The van der Waals surface area contributed by atoms with E-state index in [1.54, 1.807) is 0 Å². The van der Waals surface area contributed by atoms with E-state index in [0.717, 1.165) is 49.7 Å². The number of hydrogen-bond acceptors (Lipinski definition) is 5. The van der Waals surface area contributed by atoms with Gasteiger partial charge < -0.3 is 15.0 Å². The lowest BCUT2D eigenvalue weighted by Crippen LogP contribution is -2.11. The Kier molecular flexibility index (Phi) is 6.85. The van der Waals surface area contributed by atoms with Crippen molar-refractivity contribution in [3.8, 4) is 0 Å². The van der Waals surface area contributed by atoms with Crippen molar-refractivity contribution in [2.45, 2.75) is 65.3 Å². The number of rotatable bonds is 10. The predicted octanol–water partition coefficient (Wildman–Crippen LogP) is 5.09. The van der Waals surface area contributed by atoms with Crippen LogP contribution in [0.3, 0.4) is 0 Å². The van der Waals surface area contributed by atoms with Crippen molar-refractivity contribution in [3.05, 3.63) is 29.8 Å². The number of aromatic nitrogens is 3. The number of aryl methyl sites for hydroxylation is 1. The maximum absolute atomic E-state index is 12.8. The number of anilines is 1. The molecule has 6 heteroatoms. The van der Waals surface area contributed by atoms with Crippen LogP contribution in [0.25, 0.3) is 22.2 Å². The maximum Gasteiger partial charge on any atom is 0.344 e. The highest BCUT2D eigenvalue weighted by atomic mass is 16.5. The van der Waals surface area contributed by atoms with Crippen LogP contribution in [-0.2, 0) is 11.3 Å². The summed E-state index contributed by atoms with van der Waals surface area (Å²) in [5.41, 5.74) is 9.49. The highest BCUT2D eigenvalue weighted by Gasteiger charge is 2.24. The molecule has 0 aliphatic rings. The molecular weight excluding hydrogens is 352 g/mol. The van der Waals surface area contributed by atoms with Gasteiger partial charge in [-0.15, -0.1) is 0 Å². The molecule has 6 nitrogen and oxygen atoms in total. The largest absolute Gasteiger partial charge is 0.462 e. The van der Waals surface area contributed by atoms with Gasteiger partial charge in [-0.3, -0.25) is 0 Å². The number of nitrogens with zero attached hydrogens (tertiary/aromatic N) is 3. The van der Waals surface area contributed by atoms with Gasteiger partial charge in [0.15, 0.2) is 5.65 Å². The van der Waals surface area contributed by atoms with Crippen molar-refractivity contribution in [1.82, 2.24) is 14.5 Å². The van der Waals surface area contributed by atoms with Crippen molar-refractivity contribution in [1.29, 1.82) is 0 Å². The molecule has 28 heavy (non-hydrogen) atoms. The van der Waals surface area contributed by atoms with Crippen molar-refractivity contribution in [2.75, 3.05) is 12.3 Å². The van der Waals surface area contributed by atoms with E-state index in [1.807, 2.05) is 28.8 Å². The Hall–Kier alpha value is -2.63. The van der Waals surface area contributed by atoms with Crippen LogP contribution in [0.15, 0.2) is 24.3 Å². The minimum atomic E-state index is -0.407. The number of benzene rings is 1. The summed E-state index contributed by atoms with van der Waals surface area (Å²) in [7, 11) is 0. The van der Waals surface area contributed by atoms with E-state index in [1.165, 1.54) is 12.8 Å². The minimum absolute atomic E-state index is 0.347. The number of carbonyl (C=O) groups is 1. The molecule has 0 aliphatic carbocycles. The Bertz CT molecular complexity index is 949. The van der Waals surface area contributed by atoms with E-state index >= 15 is 0 Å². The van der Waals surface area contributed by atoms with Crippen molar-refractivity contribution >= 4 is 34.0 Å². The van der Waals surface area contributed by atoms with Crippen LogP contribution in [0.1, 0.15) is 69.2 Å². The minimum Gasteiger partial charge on any atom is -0.462 e. The Balaban J connectivity index is 1.99.